The fourth-order valence-corrected chi connectivity index (χ4v) is 1.88. The van der Waals surface area contributed by atoms with Gasteiger partial charge in [0.05, 0.1) is 10.7 Å². The average molecular weight is 293 g/mol. The van der Waals surface area contributed by atoms with Crippen LogP contribution in [0.15, 0.2) is 42.5 Å². The number of carbonyl (C=O) groups is 1. The largest absolute Gasteiger partial charge is 0.398 e. The maximum atomic E-state index is 12.7. The molecule has 0 saturated heterocycles. The third-order valence-electron chi connectivity index (χ3n) is 2.87. The Kier molecular flexibility index (Phi) is 4.58. The zero-order chi connectivity index (χ0) is 14.5. The Morgan fingerprint density at radius 2 is 1.90 bits per heavy atom. The predicted octanol–water partition coefficient (Wildman–Crippen LogP) is 3.03. The van der Waals surface area contributed by atoms with Gasteiger partial charge in [0, 0.05) is 12.1 Å². The molecule has 0 heterocycles. The van der Waals surface area contributed by atoms with Crippen molar-refractivity contribution in [3.05, 3.63) is 64.4 Å². The van der Waals surface area contributed by atoms with Crippen molar-refractivity contribution < 1.29 is 9.18 Å². The lowest BCUT2D eigenvalue weighted by Gasteiger charge is -2.07. The third-order valence-corrected chi connectivity index (χ3v) is 3.21. The van der Waals surface area contributed by atoms with E-state index in [1.54, 1.807) is 24.3 Å². The second kappa shape index (κ2) is 6.39. The number of nitrogens with two attached hydrogens (primary N) is 1. The predicted molar refractivity (Wildman–Crippen MR) is 78.3 cm³/mol. The number of carbonyl (C=O) groups excluding carboxylic acids is 1. The van der Waals surface area contributed by atoms with Crippen LogP contribution >= 0.6 is 11.6 Å². The van der Waals surface area contributed by atoms with Gasteiger partial charge in [0.15, 0.2) is 0 Å². The first-order valence-corrected chi connectivity index (χ1v) is 6.52. The van der Waals surface area contributed by atoms with Gasteiger partial charge in [-0.25, -0.2) is 4.39 Å². The van der Waals surface area contributed by atoms with Crippen molar-refractivity contribution in [1.29, 1.82) is 0 Å². The first-order valence-electron chi connectivity index (χ1n) is 6.14. The molecule has 0 aliphatic rings. The van der Waals surface area contributed by atoms with Crippen molar-refractivity contribution in [2.75, 3.05) is 12.3 Å². The topological polar surface area (TPSA) is 55.1 Å². The van der Waals surface area contributed by atoms with Crippen LogP contribution in [0.5, 0.6) is 0 Å². The molecular weight excluding hydrogens is 279 g/mol. The number of hydrogen-bond acceptors (Lipinski definition) is 2. The number of hydrogen-bond donors (Lipinski definition) is 2. The molecule has 2 rings (SSSR count). The van der Waals surface area contributed by atoms with Gasteiger partial charge >= 0.3 is 0 Å². The molecule has 0 spiro atoms. The fraction of sp³-hybridized carbons (Fsp3) is 0.133. The van der Waals surface area contributed by atoms with Crippen molar-refractivity contribution in [2.45, 2.75) is 6.42 Å². The van der Waals surface area contributed by atoms with Crippen molar-refractivity contribution in [1.82, 2.24) is 5.32 Å². The van der Waals surface area contributed by atoms with E-state index in [4.69, 9.17) is 17.3 Å². The summed E-state index contributed by atoms with van der Waals surface area (Å²) < 4.78 is 12.7. The first kappa shape index (κ1) is 14.3. The molecule has 0 aliphatic carbocycles. The summed E-state index contributed by atoms with van der Waals surface area (Å²) in [5, 5.41) is 3.20. The Balaban J connectivity index is 1.88. The monoisotopic (exact) mass is 292 g/mol. The Morgan fingerprint density at radius 1 is 1.20 bits per heavy atom. The summed E-state index contributed by atoms with van der Waals surface area (Å²) >= 11 is 5.80. The van der Waals surface area contributed by atoms with Gasteiger partial charge < -0.3 is 11.1 Å². The van der Waals surface area contributed by atoms with Gasteiger partial charge in [0.25, 0.3) is 5.91 Å². The number of rotatable bonds is 4. The zero-order valence-corrected chi connectivity index (χ0v) is 11.5. The SMILES string of the molecule is Nc1cc(C(=O)NCCc2ccc(F)cc2)ccc1Cl. The van der Waals surface area contributed by atoms with Gasteiger partial charge in [-0.1, -0.05) is 23.7 Å². The molecule has 0 aromatic heterocycles. The van der Waals surface area contributed by atoms with E-state index in [0.717, 1.165) is 5.56 Å². The highest BCUT2D eigenvalue weighted by Gasteiger charge is 2.07. The van der Waals surface area contributed by atoms with Crippen LogP contribution in [-0.2, 0) is 6.42 Å². The summed E-state index contributed by atoms with van der Waals surface area (Å²) in [5.41, 5.74) is 7.44. The minimum atomic E-state index is -0.269. The molecule has 0 aliphatic heterocycles. The van der Waals surface area contributed by atoms with Gasteiger partial charge in [0.1, 0.15) is 5.82 Å². The minimum absolute atomic E-state index is 0.213. The lowest BCUT2D eigenvalue weighted by molar-refractivity contribution is 0.0954. The van der Waals surface area contributed by atoms with Gasteiger partial charge in [0.2, 0.25) is 0 Å². The van der Waals surface area contributed by atoms with Gasteiger partial charge in [-0.3, -0.25) is 4.79 Å². The quantitative estimate of drug-likeness (QED) is 0.851. The third kappa shape index (κ3) is 3.71. The Hall–Kier alpha value is -2.07. The second-order valence-electron chi connectivity index (χ2n) is 4.37. The van der Waals surface area contributed by atoms with Crippen LogP contribution in [0.4, 0.5) is 10.1 Å². The van der Waals surface area contributed by atoms with E-state index in [1.165, 1.54) is 18.2 Å². The highest BCUT2D eigenvalue weighted by atomic mass is 35.5. The molecule has 0 radical (unpaired) electrons. The number of nitrogen functional groups attached to an aromatic ring is 1. The van der Waals surface area contributed by atoms with Gasteiger partial charge in [-0.2, -0.15) is 0 Å². The van der Waals surface area contributed by atoms with E-state index in [1.807, 2.05) is 0 Å². The number of anilines is 1. The number of nitrogens with one attached hydrogen (secondary N) is 1. The van der Waals surface area contributed by atoms with E-state index in [-0.39, 0.29) is 11.7 Å². The summed E-state index contributed by atoms with van der Waals surface area (Å²) in [6.45, 7) is 0.465. The Morgan fingerprint density at radius 3 is 2.55 bits per heavy atom. The van der Waals surface area contributed by atoms with Crippen LogP contribution in [-0.4, -0.2) is 12.5 Å². The number of halogens is 2. The minimum Gasteiger partial charge on any atom is -0.398 e. The smallest absolute Gasteiger partial charge is 0.251 e. The van der Waals surface area contributed by atoms with Crippen molar-refractivity contribution in [3.8, 4) is 0 Å². The molecule has 104 valence electrons. The van der Waals surface area contributed by atoms with Crippen molar-refractivity contribution in [2.24, 2.45) is 0 Å². The first-order chi connectivity index (χ1) is 9.56. The standard InChI is InChI=1S/C15H14ClFN2O/c16-13-6-3-11(9-14(13)18)15(20)19-8-7-10-1-4-12(17)5-2-10/h1-6,9H,7-8,18H2,(H,19,20). The van der Waals surface area contributed by atoms with Crippen LogP contribution in [0.3, 0.4) is 0 Å². The van der Waals surface area contributed by atoms with Gasteiger partial charge in [-0.05, 0) is 42.3 Å². The summed E-state index contributed by atoms with van der Waals surface area (Å²) in [5.74, 6) is -0.482. The van der Waals surface area contributed by atoms with Crippen molar-refractivity contribution >= 4 is 23.2 Å². The second-order valence-corrected chi connectivity index (χ2v) is 4.78. The molecule has 3 N–H and O–H groups in total. The Bertz CT molecular complexity index is 614. The maximum Gasteiger partial charge on any atom is 0.251 e. The van der Waals surface area contributed by atoms with E-state index < -0.39 is 0 Å². The number of amides is 1. The van der Waals surface area contributed by atoms with E-state index in [9.17, 15) is 9.18 Å². The summed E-state index contributed by atoms with van der Waals surface area (Å²) in [4.78, 5) is 11.9. The summed E-state index contributed by atoms with van der Waals surface area (Å²) in [7, 11) is 0. The molecule has 0 atom stereocenters. The maximum absolute atomic E-state index is 12.7. The van der Waals surface area contributed by atoms with Crippen molar-refractivity contribution in [3.63, 3.8) is 0 Å². The normalized spacial score (nSPS) is 10.3. The van der Waals surface area contributed by atoms with Crippen LogP contribution in [0, 0.1) is 5.82 Å². The zero-order valence-electron chi connectivity index (χ0n) is 10.7. The molecule has 1 amide bonds. The molecule has 0 fully saturated rings. The molecule has 0 bridgehead atoms. The van der Waals surface area contributed by atoms with E-state index in [0.29, 0.717) is 29.2 Å². The summed E-state index contributed by atoms with van der Waals surface area (Å²) in [6, 6.07) is 10.9. The lowest BCUT2D eigenvalue weighted by Crippen LogP contribution is -2.25. The highest BCUT2D eigenvalue weighted by Crippen LogP contribution is 2.19. The molecule has 5 heteroatoms. The molecule has 3 nitrogen and oxygen atoms in total. The van der Waals surface area contributed by atoms with E-state index >= 15 is 0 Å². The molecule has 0 saturated carbocycles. The molecule has 0 unspecified atom stereocenters. The molecule has 20 heavy (non-hydrogen) atoms. The molecular formula is C15H14ClFN2O. The Labute approximate surface area is 121 Å². The fourth-order valence-electron chi connectivity index (χ4n) is 1.76. The van der Waals surface area contributed by atoms with Crippen LogP contribution in [0.2, 0.25) is 5.02 Å². The average Bonchev–Trinajstić information content (AvgIpc) is 2.44. The van der Waals surface area contributed by atoms with Gasteiger partial charge in [-0.15, -0.1) is 0 Å². The van der Waals surface area contributed by atoms with Crippen LogP contribution in [0.1, 0.15) is 15.9 Å². The highest BCUT2D eigenvalue weighted by molar-refractivity contribution is 6.33. The molecule has 2 aromatic rings. The lowest BCUT2D eigenvalue weighted by atomic mass is 10.1. The van der Waals surface area contributed by atoms with Crippen LogP contribution < -0.4 is 11.1 Å². The summed E-state index contributed by atoms with van der Waals surface area (Å²) in [6.07, 6.45) is 0.634. The van der Waals surface area contributed by atoms with E-state index in [2.05, 4.69) is 5.32 Å². The number of benzene rings is 2. The molecule has 2 aromatic carbocycles. The van der Waals surface area contributed by atoms with Crippen LogP contribution in [0.25, 0.3) is 0 Å².